The van der Waals surface area contributed by atoms with Crippen LogP contribution in [0.25, 0.3) is 0 Å². The van der Waals surface area contributed by atoms with Crippen LogP contribution in [0.5, 0.6) is 0 Å². The minimum Gasteiger partial charge on any atom is -0.393 e. The molecule has 2 N–H and O–H groups in total. The third-order valence-corrected chi connectivity index (χ3v) is 10.2. The number of hydrogen-bond donors (Lipinski definition) is 2. The largest absolute Gasteiger partial charge is 0.393 e. The van der Waals surface area contributed by atoms with Crippen molar-refractivity contribution < 1.29 is 10.2 Å². The van der Waals surface area contributed by atoms with Crippen LogP contribution in [-0.2, 0) is 6.42 Å². The van der Waals surface area contributed by atoms with E-state index in [0.29, 0.717) is 24.7 Å². The number of rotatable bonds is 4. The summed E-state index contributed by atoms with van der Waals surface area (Å²) < 4.78 is 0. The molecular formula is C26H39N3O2. The van der Waals surface area contributed by atoms with Crippen molar-refractivity contribution in [2.75, 3.05) is 0 Å². The lowest BCUT2D eigenvalue weighted by atomic mass is 9.46. The maximum Gasteiger partial charge on any atom is 0.132 e. The van der Waals surface area contributed by atoms with E-state index in [1.54, 1.807) is 12.7 Å². The minimum atomic E-state index is -0.697. The van der Waals surface area contributed by atoms with Gasteiger partial charge in [0, 0.05) is 6.42 Å². The molecule has 4 aliphatic carbocycles. The first kappa shape index (κ1) is 21.5. The van der Waals surface area contributed by atoms with Gasteiger partial charge in [-0.25, -0.2) is 15.0 Å². The number of hydrogen-bond acceptors (Lipinski definition) is 5. The molecule has 5 heteroatoms. The number of aromatic nitrogens is 3. The average Bonchev–Trinajstić information content (AvgIpc) is 3.12. The van der Waals surface area contributed by atoms with E-state index in [2.05, 4.69) is 41.8 Å². The van der Waals surface area contributed by atoms with E-state index in [9.17, 15) is 10.2 Å². The maximum atomic E-state index is 11.6. The Morgan fingerprint density at radius 1 is 1.06 bits per heavy atom. The summed E-state index contributed by atoms with van der Waals surface area (Å²) in [6.07, 6.45) is 15.8. The highest BCUT2D eigenvalue weighted by molar-refractivity contribution is 5.25. The highest BCUT2D eigenvalue weighted by Crippen LogP contribution is 2.67. The molecule has 3 saturated carbocycles. The van der Waals surface area contributed by atoms with Gasteiger partial charge in [0.2, 0.25) is 0 Å². The van der Waals surface area contributed by atoms with Gasteiger partial charge in [0.15, 0.2) is 0 Å². The SMILES string of the molecule is CC(O)(CCc1ncncn1)[C@H]1CC[C@H]2[C@@H]3CC=C4C[C@@H](O)CC[C@]4(C)[C@H]3CC[C@]12C. The van der Waals surface area contributed by atoms with E-state index in [1.807, 2.05) is 0 Å². The van der Waals surface area contributed by atoms with Crippen LogP contribution in [0.1, 0.15) is 84.4 Å². The molecule has 0 aromatic carbocycles. The minimum absolute atomic E-state index is 0.139. The van der Waals surface area contributed by atoms with Gasteiger partial charge in [-0.1, -0.05) is 25.5 Å². The molecular weight excluding hydrogens is 386 g/mol. The van der Waals surface area contributed by atoms with Crippen LogP contribution in [0.15, 0.2) is 24.3 Å². The molecule has 170 valence electrons. The Morgan fingerprint density at radius 2 is 1.84 bits per heavy atom. The number of fused-ring (bicyclic) bond motifs is 5. The highest BCUT2D eigenvalue weighted by Gasteiger charge is 2.61. The molecule has 0 amide bonds. The van der Waals surface area contributed by atoms with Crippen LogP contribution in [0.4, 0.5) is 0 Å². The van der Waals surface area contributed by atoms with E-state index in [-0.39, 0.29) is 16.9 Å². The van der Waals surface area contributed by atoms with E-state index >= 15 is 0 Å². The van der Waals surface area contributed by atoms with Crippen molar-refractivity contribution in [3.8, 4) is 0 Å². The molecule has 8 atom stereocenters. The summed E-state index contributed by atoms with van der Waals surface area (Å²) in [5.41, 5.74) is 1.33. The summed E-state index contributed by atoms with van der Waals surface area (Å²) in [6.45, 7) is 7.03. The molecule has 1 heterocycles. The Bertz CT molecular complexity index is 840. The van der Waals surface area contributed by atoms with Crippen LogP contribution in [0, 0.1) is 34.5 Å². The fraction of sp³-hybridized carbons (Fsp3) is 0.808. The molecule has 1 aromatic rings. The molecule has 1 unspecified atom stereocenters. The summed E-state index contributed by atoms with van der Waals surface area (Å²) in [5.74, 6) is 3.27. The number of allylic oxidation sites excluding steroid dienone is 1. The molecule has 4 aliphatic rings. The summed E-state index contributed by atoms with van der Waals surface area (Å²) in [6, 6.07) is 0. The first-order chi connectivity index (χ1) is 14.7. The number of aryl methyl sites for hydroxylation is 1. The van der Waals surface area contributed by atoms with Crippen LogP contribution in [0.2, 0.25) is 0 Å². The van der Waals surface area contributed by atoms with E-state index in [0.717, 1.165) is 43.3 Å². The van der Waals surface area contributed by atoms with Crippen LogP contribution >= 0.6 is 0 Å². The van der Waals surface area contributed by atoms with Gasteiger partial charge in [-0.2, -0.15) is 0 Å². The standard InChI is InChI=1S/C26H39N3O2/c1-24-11-8-18(30)14-17(24)4-5-19-20-6-7-22(25(20,2)12-9-21(19)24)26(3,31)13-10-23-28-15-27-16-29-23/h4,15-16,18-22,30-31H,5-14H2,1-3H3/t18-,19-,20-,21-,22-,24-,25-,26?/m0/s1. The third-order valence-electron chi connectivity index (χ3n) is 10.2. The van der Waals surface area contributed by atoms with Crippen molar-refractivity contribution in [2.45, 2.75) is 96.7 Å². The molecule has 31 heavy (non-hydrogen) atoms. The second kappa shape index (κ2) is 7.62. The smallest absolute Gasteiger partial charge is 0.132 e. The van der Waals surface area contributed by atoms with Crippen molar-refractivity contribution in [3.05, 3.63) is 30.1 Å². The normalized spacial score (nSPS) is 43.9. The Balaban J connectivity index is 1.35. The van der Waals surface area contributed by atoms with Gasteiger partial charge in [0.25, 0.3) is 0 Å². The van der Waals surface area contributed by atoms with Crippen molar-refractivity contribution in [1.82, 2.24) is 15.0 Å². The van der Waals surface area contributed by atoms with Gasteiger partial charge < -0.3 is 10.2 Å². The van der Waals surface area contributed by atoms with Crippen molar-refractivity contribution in [1.29, 1.82) is 0 Å². The molecule has 5 rings (SSSR count). The first-order valence-corrected chi connectivity index (χ1v) is 12.4. The lowest BCUT2D eigenvalue weighted by Crippen LogP contribution is -2.53. The highest BCUT2D eigenvalue weighted by atomic mass is 16.3. The number of nitrogens with zero attached hydrogens (tertiary/aromatic N) is 3. The fourth-order valence-electron chi connectivity index (χ4n) is 8.59. The van der Waals surface area contributed by atoms with Gasteiger partial charge in [-0.05, 0) is 99.2 Å². The second-order valence-electron chi connectivity index (χ2n) is 11.7. The summed E-state index contributed by atoms with van der Waals surface area (Å²) in [4.78, 5) is 12.4. The van der Waals surface area contributed by atoms with Gasteiger partial charge >= 0.3 is 0 Å². The Morgan fingerprint density at radius 3 is 2.61 bits per heavy atom. The van der Waals surface area contributed by atoms with Gasteiger partial charge in [-0.3, -0.25) is 0 Å². The van der Waals surface area contributed by atoms with Gasteiger partial charge in [0.05, 0.1) is 11.7 Å². The zero-order chi connectivity index (χ0) is 21.9. The maximum absolute atomic E-state index is 11.6. The van der Waals surface area contributed by atoms with Gasteiger partial charge in [0.1, 0.15) is 18.5 Å². The molecule has 3 fully saturated rings. The summed E-state index contributed by atoms with van der Waals surface area (Å²) in [5, 5.41) is 21.9. The summed E-state index contributed by atoms with van der Waals surface area (Å²) in [7, 11) is 0. The predicted octanol–water partition coefficient (Wildman–Crippen LogP) is 4.50. The Kier molecular flexibility index (Phi) is 5.29. The lowest BCUT2D eigenvalue weighted by Gasteiger charge is -2.59. The van der Waals surface area contributed by atoms with Crippen molar-refractivity contribution in [3.63, 3.8) is 0 Å². The fourth-order valence-corrected chi connectivity index (χ4v) is 8.59. The quantitative estimate of drug-likeness (QED) is 0.695. The van der Waals surface area contributed by atoms with Gasteiger partial charge in [-0.15, -0.1) is 0 Å². The topological polar surface area (TPSA) is 79.1 Å². The van der Waals surface area contributed by atoms with Crippen LogP contribution < -0.4 is 0 Å². The first-order valence-electron chi connectivity index (χ1n) is 12.4. The molecule has 0 saturated heterocycles. The molecule has 0 spiro atoms. The van der Waals surface area contributed by atoms with E-state index in [4.69, 9.17) is 0 Å². The predicted molar refractivity (Wildman–Crippen MR) is 120 cm³/mol. The zero-order valence-electron chi connectivity index (χ0n) is 19.4. The van der Waals surface area contributed by atoms with Crippen LogP contribution in [0.3, 0.4) is 0 Å². The van der Waals surface area contributed by atoms with Crippen molar-refractivity contribution in [2.24, 2.45) is 34.5 Å². The Labute approximate surface area is 186 Å². The van der Waals surface area contributed by atoms with Crippen LogP contribution in [-0.4, -0.2) is 36.9 Å². The number of aliphatic hydroxyl groups excluding tert-OH is 1. The van der Waals surface area contributed by atoms with Crippen molar-refractivity contribution >= 4 is 0 Å². The lowest BCUT2D eigenvalue weighted by molar-refractivity contribution is -0.104. The monoisotopic (exact) mass is 425 g/mol. The third kappa shape index (κ3) is 3.47. The molecule has 0 aliphatic heterocycles. The summed E-state index contributed by atoms with van der Waals surface area (Å²) >= 11 is 0. The van der Waals surface area contributed by atoms with E-state index < -0.39 is 5.60 Å². The molecule has 1 aromatic heterocycles. The molecule has 0 bridgehead atoms. The zero-order valence-corrected chi connectivity index (χ0v) is 19.4. The second-order valence-corrected chi connectivity index (χ2v) is 11.7. The van der Waals surface area contributed by atoms with E-state index in [1.165, 1.54) is 31.3 Å². The molecule has 0 radical (unpaired) electrons. The average molecular weight is 426 g/mol. The Hall–Kier alpha value is -1.33. The molecule has 5 nitrogen and oxygen atoms in total. The number of aliphatic hydroxyl groups is 2.